The molecule has 0 atom stereocenters. The van der Waals surface area contributed by atoms with Gasteiger partial charge in [-0.1, -0.05) is 30.9 Å². The van der Waals surface area contributed by atoms with Crippen LogP contribution in [0.25, 0.3) is 0 Å². The van der Waals surface area contributed by atoms with E-state index in [1.807, 2.05) is 31.2 Å². The molecular formula is C11H17NO. The van der Waals surface area contributed by atoms with Crippen LogP contribution >= 0.6 is 0 Å². The summed E-state index contributed by atoms with van der Waals surface area (Å²) in [5, 5.41) is 2.74. The topological polar surface area (TPSA) is 29.1 Å². The van der Waals surface area contributed by atoms with Crippen molar-refractivity contribution in [2.75, 3.05) is 6.54 Å². The number of rotatable bonds is 5. The van der Waals surface area contributed by atoms with Gasteiger partial charge in [-0.2, -0.15) is 0 Å². The smallest absolute Gasteiger partial charge is 0.216 e. The lowest BCUT2D eigenvalue weighted by atomic mass is 10.1. The summed E-state index contributed by atoms with van der Waals surface area (Å²) in [5.41, 5.74) is 1.13. The number of hydrogen-bond donors (Lipinski definition) is 1. The highest BCUT2D eigenvalue weighted by atomic mass is 16.1. The maximum Gasteiger partial charge on any atom is 0.216 e. The monoisotopic (exact) mass is 179 g/mol. The quantitative estimate of drug-likeness (QED) is 0.644. The molecule has 0 aromatic rings. The molecule has 2 heteroatoms. The molecule has 0 aliphatic heterocycles. The predicted molar refractivity (Wildman–Crippen MR) is 56.4 cm³/mol. The van der Waals surface area contributed by atoms with Crippen molar-refractivity contribution in [3.05, 3.63) is 36.5 Å². The first-order valence-electron chi connectivity index (χ1n) is 4.39. The van der Waals surface area contributed by atoms with Crippen LogP contribution in [-0.2, 0) is 4.79 Å². The Bertz CT molecular complexity index is 226. The minimum absolute atomic E-state index is 0.00875. The molecule has 1 amide bonds. The SMILES string of the molecule is C=C/C(=C\C=C/C)CCNC(C)=O. The Morgan fingerprint density at radius 2 is 2.23 bits per heavy atom. The molecular weight excluding hydrogens is 162 g/mol. The third-order valence-electron chi connectivity index (χ3n) is 1.55. The fraction of sp³-hybridized carbons (Fsp3) is 0.364. The normalized spacial score (nSPS) is 11.7. The molecule has 13 heavy (non-hydrogen) atoms. The molecule has 0 fully saturated rings. The summed E-state index contributed by atoms with van der Waals surface area (Å²) < 4.78 is 0. The van der Waals surface area contributed by atoms with Gasteiger partial charge in [0.15, 0.2) is 0 Å². The lowest BCUT2D eigenvalue weighted by Gasteiger charge is -2.01. The van der Waals surface area contributed by atoms with E-state index in [-0.39, 0.29) is 5.91 Å². The van der Waals surface area contributed by atoms with Crippen molar-refractivity contribution in [1.29, 1.82) is 0 Å². The molecule has 0 bridgehead atoms. The van der Waals surface area contributed by atoms with Crippen molar-refractivity contribution >= 4 is 5.91 Å². The van der Waals surface area contributed by atoms with Gasteiger partial charge in [-0.05, 0) is 18.9 Å². The molecule has 0 aromatic heterocycles. The summed E-state index contributed by atoms with van der Waals surface area (Å²) in [4.78, 5) is 10.6. The standard InChI is InChI=1S/C11H17NO/c1-4-6-7-11(5-2)8-9-12-10(3)13/h4-7H,2,8-9H2,1,3H3,(H,12,13)/b6-4-,11-7+. The zero-order valence-electron chi connectivity index (χ0n) is 8.34. The highest BCUT2D eigenvalue weighted by Crippen LogP contribution is 2.01. The Morgan fingerprint density at radius 3 is 2.69 bits per heavy atom. The Morgan fingerprint density at radius 1 is 1.54 bits per heavy atom. The molecule has 0 aromatic carbocycles. The van der Waals surface area contributed by atoms with E-state index in [1.54, 1.807) is 0 Å². The molecule has 0 radical (unpaired) electrons. The van der Waals surface area contributed by atoms with Crippen molar-refractivity contribution in [3.63, 3.8) is 0 Å². The van der Waals surface area contributed by atoms with Gasteiger partial charge in [0, 0.05) is 13.5 Å². The van der Waals surface area contributed by atoms with E-state index in [2.05, 4.69) is 11.9 Å². The molecule has 0 saturated heterocycles. The molecule has 0 heterocycles. The first-order chi connectivity index (χ1) is 6.20. The van der Waals surface area contributed by atoms with Gasteiger partial charge in [-0.25, -0.2) is 0 Å². The average Bonchev–Trinajstić information content (AvgIpc) is 2.10. The van der Waals surface area contributed by atoms with E-state index in [4.69, 9.17) is 0 Å². The summed E-state index contributed by atoms with van der Waals surface area (Å²) in [6.45, 7) is 7.85. The summed E-state index contributed by atoms with van der Waals surface area (Å²) in [5.74, 6) is 0.00875. The van der Waals surface area contributed by atoms with E-state index in [9.17, 15) is 4.79 Å². The van der Waals surface area contributed by atoms with Gasteiger partial charge in [-0.15, -0.1) is 0 Å². The second-order valence-electron chi connectivity index (χ2n) is 2.70. The van der Waals surface area contributed by atoms with E-state index in [0.717, 1.165) is 12.0 Å². The zero-order chi connectivity index (χ0) is 10.1. The second kappa shape index (κ2) is 7.35. The first-order valence-corrected chi connectivity index (χ1v) is 4.39. The van der Waals surface area contributed by atoms with E-state index in [1.165, 1.54) is 6.92 Å². The summed E-state index contributed by atoms with van der Waals surface area (Å²) >= 11 is 0. The predicted octanol–water partition coefficient (Wildman–Crippen LogP) is 2.20. The van der Waals surface area contributed by atoms with Crippen LogP contribution in [0.5, 0.6) is 0 Å². The van der Waals surface area contributed by atoms with Crippen LogP contribution in [0, 0.1) is 0 Å². The number of nitrogens with one attached hydrogen (secondary N) is 1. The number of carbonyl (C=O) groups excluding carboxylic acids is 1. The van der Waals surface area contributed by atoms with Crippen LogP contribution in [0.4, 0.5) is 0 Å². The lowest BCUT2D eigenvalue weighted by Crippen LogP contribution is -2.20. The largest absolute Gasteiger partial charge is 0.356 e. The number of hydrogen-bond acceptors (Lipinski definition) is 1. The third-order valence-corrected chi connectivity index (χ3v) is 1.55. The Balaban J connectivity index is 3.85. The van der Waals surface area contributed by atoms with Crippen molar-refractivity contribution in [1.82, 2.24) is 5.32 Å². The molecule has 0 rings (SSSR count). The summed E-state index contributed by atoms with van der Waals surface area (Å²) in [6.07, 6.45) is 8.55. The third kappa shape index (κ3) is 7.06. The van der Waals surface area contributed by atoms with Crippen LogP contribution in [0.3, 0.4) is 0 Å². The fourth-order valence-electron chi connectivity index (χ4n) is 0.856. The highest BCUT2D eigenvalue weighted by molar-refractivity contribution is 5.72. The van der Waals surface area contributed by atoms with Gasteiger partial charge in [0.2, 0.25) is 5.91 Å². The molecule has 72 valence electrons. The molecule has 0 unspecified atom stereocenters. The highest BCUT2D eigenvalue weighted by Gasteiger charge is 1.92. The summed E-state index contributed by atoms with van der Waals surface area (Å²) in [6, 6.07) is 0. The Labute approximate surface area is 80.0 Å². The van der Waals surface area contributed by atoms with Gasteiger partial charge in [-0.3, -0.25) is 4.79 Å². The van der Waals surface area contributed by atoms with Crippen molar-refractivity contribution < 1.29 is 4.79 Å². The number of allylic oxidation sites excluding steroid dienone is 4. The molecule has 0 saturated carbocycles. The molecule has 2 nitrogen and oxygen atoms in total. The number of carbonyl (C=O) groups is 1. The number of amides is 1. The first kappa shape index (κ1) is 11.7. The van der Waals surface area contributed by atoms with E-state index >= 15 is 0 Å². The summed E-state index contributed by atoms with van der Waals surface area (Å²) in [7, 11) is 0. The van der Waals surface area contributed by atoms with E-state index < -0.39 is 0 Å². The van der Waals surface area contributed by atoms with Gasteiger partial charge >= 0.3 is 0 Å². The van der Waals surface area contributed by atoms with Crippen molar-refractivity contribution in [2.24, 2.45) is 0 Å². The van der Waals surface area contributed by atoms with Crippen LogP contribution in [0.15, 0.2) is 36.5 Å². The minimum Gasteiger partial charge on any atom is -0.356 e. The van der Waals surface area contributed by atoms with Crippen molar-refractivity contribution in [3.8, 4) is 0 Å². The van der Waals surface area contributed by atoms with Gasteiger partial charge in [0.1, 0.15) is 0 Å². The van der Waals surface area contributed by atoms with Crippen LogP contribution in [0.2, 0.25) is 0 Å². The molecule has 1 N–H and O–H groups in total. The van der Waals surface area contributed by atoms with Crippen LogP contribution in [-0.4, -0.2) is 12.5 Å². The van der Waals surface area contributed by atoms with Crippen LogP contribution < -0.4 is 5.32 Å². The molecule has 0 spiro atoms. The second-order valence-corrected chi connectivity index (χ2v) is 2.70. The van der Waals surface area contributed by atoms with E-state index in [0.29, 0.717) is 6.54 Å². The maximum atomic E-state index is 10.6. The zero-order valence-corrected chi connectivity index (χ0v) is 8.34. The van der Waals surface area contributed by atoms with Gasteiger partial charge in [0.25, 0.3) is 0 Å². The fourth-order valence-corrected chi connectivity index (χ4v) is 0.856. The maximum absolute atomic E-state index is 10.6. The minimum atomic E-state index is 0.00875. The molecule has 0 aliphatic rings. The average molecular weight is 179 g/mol. The van der Waals surface area contributed by atoms with Gasteiger partial charge < -0.3 is 5.32 Å². The van der Waals surface area contributed by atoms with Gasteiger partial charge in [0.05, 0.1) is 0 Å². The Hall–Kier alpha value is -1.31. The van der Waals surface area contributed by atoms with Crippen LogP contribution in [0.1, 0.15) is 20.3 Å². The van der Waals surface area contributed by atoms with Crippen molar-refractivity contribution in [2.45, 2.75) is 20.3 Å². The molecule has 0 aliphatic carbocycles. The Kier molecular flexibility index (Phi) is 6.60. The lowest BCUT2D eigenvalue weighted by molar-refractivity contribution is -0.118.